The Balaban J connectivity index is 1.69. The zero-order chi connectivity index (χ0) is 18.1. The number of halogens is 1. The lowest BCUT2D eigenvalue weighted by Gasteiger charge is -2.50. The third-order valence-electron chi connectivity index (χ3n) is 5.37. The van der Waals surface area contributed by atoms with E-state index in [1.54, 1.807) is 12.1 Å². The number of rotatable bonds is 4. The van der Waals surface area contributed by atoms with Crippen LogP contribution in [0.5, 0.6) is 0 Å². The zero-order valence-corrected chi connectivity index (χ0v) is 15.2. The molecule has 2 heterocycles. The molecule has 0 bridgehead atoms. The van der Waals surface area contributed by atoms with Crippen LogP contribution in [0.2, 0.25) is 0 Å². The molecule has 0 radical (unpaired) electrons. The van der Waals surface area contributed by atoms with Gasteiger partial charge in [-0.05, 0) is 48.6 Å². The Hall–Kier alpha value is -2.21. The number of carbonyl (C=O) groups excluding carboxylic acids is 2. The van der Waals surface area contributed by atoms with E-state index in [0.29, 0.717) is 5.69 Å². The SMILES string of the molecule is O=C1C[C@](C(=O)NC2CCCCC2)(c2cccs2)N1c1ccc(F)cc1. The molecule has 136 valence electrons. The molecule has 1 aromatic carbocycles. The molecule has 0 spiro atoms. The van der Waals surface area contributed by atoms with Crippen molar-refractivity contribution >= 4 is 28.8 Å². The average molecular weight is 372 g/mol. The van der Waals surface area contributed by atoms with Gasteiger partial charge in [-0.15, -0.1) is 11.3 Å². The van der Waals surface area contributed by atoms with E-state index >= 15 is 0 Å². The van der Waals surface area contributed by atoms with Crippen molar-refractivity contribution in [3.05, 3.63) is 52.5 Å². The fraction of sp³-hybridized carbons (Fsp3) is 0.400. The summed E-state index contributed by atoms with van der Waals surface area (Å²) in [4.78, 5) is 28.2. The lowest BCUT2D eigenvalue weighted by Crippen LogP contribution is -2.69. The molecule has 1 aromatic heterocycles. The van der Waals surface area contributed by atoms with E-state index in [4.69, 9.17) is 0 Å². The molecule has 1 aliphatic heterocycles. The molecule has 4 nitrogen and oxygen atoms in total. The monoisotopic (exact) mass is 372 g/mol. The lowest BCUT2D eigenvalue weighted by atomic mass is 9.80. The molecule has 4 rings (SSSR count). The first-order chi connectivity index (χ1) is 12.6. The molecule has 2 fully saturated rings. The number of carbonyl (C=O) groups is 2. The van der Waals surface area contributed by atoms with Crippen molar-refractivity contribution in [2.75, 3.05) is 4.90 Å². The second-order valence-electron chi connectivity index (χ2n) is 7.03. The minimum absolute atomic E-state index is 0.121. The molecule has 1 aliphatic carbocycles. The van der Waals surface area contributed by atoms with Crippen molar-refractivity contribution in [1.29, 1.82) is 0 Å². The highest BCUT2D eigenvalue weighted by Crippen LogP contribution is 2.47. The van der Waals surface area contributed by atoms with Crippen molar-refractivity contribution in [1.82, 2.24) is 5.32 Å². The van der Waals surface area contributed by atoms with E-state index in [2.05, 4.69) is 5.32 Å². The van der Waals surface area contributed by atoms with Gasteiger partial charge in [-0.2, -0.15) is 0 Å². The molecular formula is C20H21FN2O2S. The molecule has 6 heteroatoms. The van der Waals surface area contributed by atoms with Crippen molar-refractivity contribution in [2.24, 2.45) is 0 Å². The molecule has 1 atom stereocenters. The molecule has 1 saturated heterocycles. The highest BCUT2D eigenvalue weighted by molar-refractivity contribution is 7.10. The number of nitrogens with zero attached hydrogens (tertiary/aromatic N) is 1. The zero-order valence-electron chi connectivity index (χ0n) is 14.4. The maximum atomic E-state index is 13.3. The molecule has 26 heavy (non-hydrogen) atoms. The molecule has 0 unspecified atom stereocenters. The Morgan fingerprint density at radius 2 is 1.88 bits per heavy atom. The van der Waals surface area contributed by atoms with Gasteiger partial charge in [0, 0.05) is 16.6 Å². The first kappa shape index (κ1) is 17.2. The fourth-order valence-electron chi connectivity index (χ4n) is 4.01. The smallest absolute Gasteiger partial charge is 0.252 e. The summed E-state index contributed by atoms with van der Waals surface area (Å²) in [5.41, 5.74) is -0.476. The number of thiophene rings is 1. The van der Waals surface area contributed by atoms with Crippen LogP contribution >= 0.6 is 11.3 Å². The van der Waals surface area contributed by atoms with Gasteiger partial charge in [0.15, 0.2) is 5.54 Å². The molecule has 1 saturated carbocycles. The van der Waals surface area contributed by atoms with Crippen molar-refractivity contribution in [2.45, 2.75) is 50.1 Å². The van der Waals surface area contributed by atoms with Gasteiger partial charge in [0.2, 0.25) is 5.91 Å². The van der Waals surface area contributed by atoms with Gasteiger partial charge in [0.25, 0.3) is 5.91 Å². The average Bonchev–Trinajstić information content (AvgIpc) is 3.16. The highest BCUT2D eigenvalue weighted by atomic mass is 32.1. The van der Waals surface area contributed by atoms with E-state index < -0.39 is 5.54 Å². The molecule has 2 amide bonds. The standard InChI is InChI=1S/C20H21FN2O2S/c21-14-8-10-16(11-9-14)23-18(24)13-20(23,17-7-4-12-26-17)19(25)22-15-5-2-1-3-6-15/h4,7-12,15H,1-3,5-6,13H2,(H,22,25)/t20-/m1/s1. The fourth-order valence-corrected chi connectivity index (χ4v) is 4.92. The second kappa shape index (κ2) is 6.83. The van der Waals surface area contributed by atoms with Crippen molar-refractivity contribution in [3.63, 3.8) is 0 Å². The van der Waals surface area contributed by atoms with E-state index in [0.717, 1.165) is 30.6 Å². The molecule has 2 aromatic rings. The number of nitrogens with one attached hydrogen (secondary N) is 1. The van der Waals surface area contributed by atoms with Crippen LogP contribution in [0.3, 0.4) is 0 Å². The lowest BCUT2D eigenvalue weighted by molar-refractivity contribution is -0.140. The largest absolute Gasteiger partial charge is 0.351 e. The summed E-state index contributed by atoms with van der Waals surface area (Å²) in [7, 11) is 0. The third kappa shape index (κ3) is 2.82. The Labute approximate surface area is 156 Å². The Bertz CT molecular complexity index is 800. The van der Waals surface area contributed by atoms with E-state index in [1.807, 2.05) is 17.5 Å². The summed E-state index contributed by atoms with van der Waals surface area (Å²) in [5, 5.41) is 5.09. The van der Waals surface area contributed by atoms with Crippen LogP contribution in [0.25, 0.3) is 0 Å². The Morgan fingerprint density at radius 3 is 2.50 bits per heavy atom. The van der Waals surface area contributed by atoms with E-state index in [9.17, 15) is 14.0 Å². The topological polar surface area (TPSA) is 49.4 Å². The van der Waals surface area contributed by atoms with Crippen LogP contribution in [-0.2, 0) is 15.1 Å². The first-order valence-electron chi connectivity index (χ1n) is 9.05. The number of hydrogen-bond acceptors (Lipinski definition) is 3. The summed E-state index contributed by atoms with van der Waals surface area (Å²) in [6.45, 7) is 0. The van der Waals surface area contributed by atoms with Crippen LogP contribution in [0.4, 0.5) is 10.1 Å². The predicted octanol–water partition coefficient (Wildman–Crippen LogP) is 3.97. The minimum Gasteiger partial charge on any atom is -0.351 e. The second-order valence-corrected chi connectivity index (χ2v) is 7.98. The van der Waals surface area contributed by atoms with Crippen LogP contribution in [0, 0.1) is 5.82 Å². The quantitative estimate of drug-likeness (QED) is 0.826. The normalized spacial score (nSPS) is 23.6. The van der Waals surface area contributed by atoms with Crippen LogP contribution in [-0.4, -0.2) is 17.9 Å². The van der Waals surface area contributed by atoms with Gasteiger partial charge in [0.1, 0.15) is 5.82 Å². The van der Waals surface area contributed by atoms with Gasteiger partial charge in [-0.1, -0.05) is 25.3 Å². The van der Waals surface area contributed by atoms with Crippen LogP contribution < -0.4 is 10.2 Å². The summed E-state index contributed by atoms with van der Waals surface area (Å²) in [6, 6.07) is 9.71. The Morgan fingerprint density at radius 1 is 1.15 bits per heavy atom. The van der Waals surface area contributed by atoms with E-state index in [1.165, 1.54) is 34.8 Å². The number of benzene rings is 1. The van der Waals surface area contributed by atoms with Gasteiger partial charge < -0.3 is 5.32 Å². The molecule has 1 N–H and O–H groups in total. The van der Waals surface area contributed by atoms with Gasteiger partial charge in [-0.25, -0.2) is 4.39 Å². The first-order valence-corrected chi connectivity index (χ1v) is 9.93. The third-order valence-corrected chi connectivity index (χ3v) is 6.39. The van der Waals surface area contributed by atoms with Gasteiger partial charge >= 0.3 is 0 Å². The Kier molecular flexibility index (Phi) is 4.53. The summed E-state index contributed by atoms with van der Waals surface area (Å²) < 4.78 is 13.3. The predicted molar refractivity (Wildman–Crippen MR) is 99.5 cm³/mol. The summed E-state index contributed by atoms with van der Waals surface area (Å²) >= 11 is 1.47. The maximum absolute atomic E-state index is 13.3. The van der Waals surface area contributed by atoms with Crippen molar-refractivity contribution in [3.8, 4) is 0 Å². The number of anilines is 1. The van der Waals surface area contributed by atoms with Gasteiger partial charge in [-0.3, -0.25) is 14.5 Å². The number of hydrogen-bond donors (Lipinski definition) is 1. The highest BCUT2D eigenvalue weighted by Gasteiger charge is 2.59. The molecular weight excluding hydrogens is 351 g/mol. The number of β-lactam (4-membered cyclic amide) rings is 1. The van der Waals surface area contributed by atoms with Crippen molar-refractivity contribution < 1.29 is 14.0 Å². The van der Waals surface area contributed by atoms with E-state index in [-0.39, 0.29) is 30.1 Å². The summed E-state index contributed by atoms with van der Waals surface area (Å²) in [6.07, 6.45) is 5.56. The number of amides is 2. The van der Waals surface area contributed by atoms with Crippen LogP contribution in [0.1, 0.15) is 43.4 Å². The maximum Gasteiger partial charge on any atom is 0.252 e. The minimum atomic E-state index is -1.03. The van der Waals surface area contributed by atoms with Gasteiger partial charge in [0.05, 0.1) is 6.42 Å². The summed E-state index contributed by atoms with van der Waals surface area (Å²) in [5.74, 6) is -0.616. The molecule has 2 aliphatic rings. The van der Waals surface area contributed by atoms with Crippen LogP contribution in [0.15, 0.2) is 41.8 Å².